The Hall–Kier alpha value is -2.11. The highest BCUT2D eigenvalue weighted by Crippen LogP contribution is 2.24. The maximum atomic E-state index is 11.2. The lowest BCUT2D eigenvalue weighted by atomic mass is 9.99. The second kappa shape index (κ2) is 5.69. The van der Waals surface area contributed by atoms with Gasteiger partial charge in [-0.1, -0.05) is 0 Å². The first kappa shape index (κ1) is 14.9. The normalized spacial score (nSPS) is 10.9. The molecule has 1 rings (SSSR count). The number of pyridine rings is 1. The fourth-order valence-corrected chi connectivity index (χ4v) is 1.81. The van der Waals surface area contributed by atoms with Crippen LogP contribution >= 0.6 is 0 Å². The third kappa shape index (κ3) is 4.57. The molecule has 0 aliphatic rings. The molecule has 0 aliphatic carbocycles. The Balaban J connectivity index is 3.03. The molecule has 0 radical (unpaired) electrons. The highest BCUT2D eigenvalue weighted by atomic mass is 16.6. The molecule has 1 heterocycles. The molecule has 6 heteroatoms. The minimum Gasteiger partial charge on any atom is -0.443 e. The summed E-state index contributed by atoms with van der Waals surface area (Å²) in [5, 5.41) is 2.74. The topological polar surface area (TPSA) is 94.3 Å². The number of nitrogens with two attached hydrogens (primary N) is 1. The van der Waals surface area contributed by atoms with E-state index in [1.807, 2.05) is 6.92 Å². The number of anilines is 1. The molecule has 19 heavy (non-hydrogen) atoms. The molecule has 1 aromatic rings. The van der Waals surface area contributed by atoms with Crippen LogP contribution in [0.3, 0.4) is 0 Å². The molecule has 0 unspecified atom stereocenters. The van der Waals surface area contributed by atoms with Gasteiger partial charge in [0, 0.05) is 19.5 Å². The molecular weight excluding hydrogens is 246 g/mol. The molecule has 0 spiro atoms. The van der Waals surface area contributed by atoms with E-state index in [2.05, 4.69) is 10.3 Å². The first-order valence-corrected chi connectivity index (χ1v) is 5.92. The fraction of sp³-hybridized carbons (Fsp3) is 0.462. The van der Waals surface area contributed by atoms with Crippen molar-refractivity contribution in [1.29, 1.82) is 0 Å². The zero-order valence-corrected chi connectivity index (χ0v) is 11.6. The van der Waals surface area contributed by atoms with Gasteiger partial charge >= 0.3 is 6.09 Å². The number of ether oxygens (including phenoxy) is 1. The Kier molecular flexibility index (Phi) is 4.47. The van der Waals surface area contributed by atoms with Gasteiger partial charge in [-0.3, -0.25) is 9.78 Å². The van der Waals surface area contributed by atoms with E-state index >= 15 is 0 Å². The quantitative estimate of drug-likeness (QED) is 0.867. The number of carbonyl (C=O) groups is 2. The number of aryl methyl sites for hydroxylation is 1. The summed E-state index contributed by atoms with van der Waals surface area (Å²) in [6, 6.07) is 1.80. The molecule has 0 fully saturated rings. The number of amides is 2. The van der Waals surface area contributed by atoms with Crippen molar-refractivity contribution in [2.75, 3.05) is 5.32 Å². The van der Waals surface area contributed by atoms with Crippen LogP contribution in [-0.2, 0) is 16.0 Å². The lowest BCUT2D eigenvalue weighted by molar-refractivity contribution is -0.114. The number of hydrogen-bond acceptors (Lipinski definition) is 4. The molecule has 0 saturated heterocycles. The Bertz CT molecular complexity index is 498. The van der Waals surface area contributed by atoms with Crippen molar-refractivity contribution in [1.82, 2.24) is 4.98 Å². The van der Waals surface area contributed by atoms with Crippen molar-refractivity contribution in [2.24, 2.45) is 5.73 Å². The third-order valence-electron chi connectivity index (χ3n) is 2.51. The number of aromatic nitrogens is 1. The maximum Gasteiger partial charge on any atom is 0.405 e. The second-order valence-electron chi connectivity index (χ2n) is 4.99. The summed E-state index contributed by atoms with van der Waals surface area (Å²) in [4.78, 5) is 26.3. The first-order valence-electron chi connectivity index (χ1n) is 5.92. The summed E-state index contributed by atoms with van der Waals surface area (Å²) in [6.07, 6.45) is 1.17. The smallest absolute Gasteiger partial charge is 0.405 e. The van der Waals surface area contributed by atoms with E-state index in [-0.39, 0.29) is 5.91 Å². The van der Waals surface area contributed by atoms with Crippen LogP contribution < -0.4 is 11.1 Å². The molecule has 2 amide bonds. The van der Waals surface area contributed by atoms with Gasteiger partial charge in [0.1, 0.15) is 5.60 Å². The Morgan fingerprint density at radius 1 is 1.47 bits per heavy atom. The summed E-state index contributed by atoms with van der Waals surface area (Å²) >= 11 is 0. The van der Waals surface area contributed by atoms with Gasteiger partial charge in [-0.25, -0.2) is 4.79 Å². The van der Waals surface area contributed by atoms with Crippen molar-refractivity contribution in [3.05, 3.63) is 23.5 Å². The number of rotatable bonds is 4. The lowest BCUT2D eigenvalue weighted by Gasteiger charge is -2.25. The highest BCUT2D eigenvalue weighted by molar-refractivity contribution is 5.90. The number of hydrogen-bond donors (Lipinski definition) is 2. The van der Waals surface area contributed by atoms with Crippen LogP contribution in [0.5, 0.6) is 0 Å². The summed E-state index contributed by atoms with van der Waals surface area (Å²) in [7, 11) is 0. The number of primary amides is 1. The molecule has 104 valence electrons. The predicted molar refractivity (Wildman–Crippen MR) is 71.7 cm³/mol. The minimum atomic E-state index is -0.835. The lowest BCUT2D eigenvalue weighted by Crippen LogP contribution is -2.34. The average molecular weight is 265 g/mol. The molecule has 0 saturated carbocycles. The standard InChI is InChI=1S/C13H19N3O3/c1-8-5-6-15-10(11(8)16-9(2)17)7-13(3,4)19-12(14)18/h5-6H,7H2,1-4H3,(H2,14,18)(H,16,17). The van der Waals surface area contributed by atoms with Gasteiger partial charge in [-0.15, -0.1) is 0 Å². The van der Waals surface area contributed by atoms with Crippen molar-refractivity contribution in [2.45, 2.75) is 39.7 Å². The van der Waals surface area contributed by atoms with E-state index in [0.29, 0.717) is 17.8 Å². The number of nitrogens with zero attached hydrogens (tertiary/aromatic N) is 1. The molecule has 1 aromatic heterocycles. The van der Waals surface area contributed by atoms with Gasteiger partial charge in [0.2, 0.25) is 5.91 Å². The number of carbonyl (C=O) groups excluding carboxylic acids is 2. The van der Waals surface area contributed by atoms with E-state index in [4.69, 9.17) is 10.5 Å². The zero-order chi connectivity index (χ0) is 14.6. The number of nitrogens with one attached hydrogen (secondary N) is 1. The summed E-state index contributed by atoms with van der Waals surface area (Å²) in [6.45, 7) is 6.78. The van der Waals surface area contributed by atoms with Crippen molar-refractivity contribution < 1.29 is 14.3 Å². The fourth-order valence-electron chi connectivity index (χ4n) is 1.81. The van der Waals surface area contributed by atoms with E-state index in [1.54, 1.807) is 26.1 Å². The van der Waals surface area contributed by atoms with Crippen LogP contribution in [0.2, 0.25) is 0 Å². The monoisotopic (exact) mass is 265 g/mol. The minimum absolute atomic E-state index is 0.175. The Morgan fingerprint density at radius 3 is 2.63 bits per heavy atom. The van der Waals surface area contributed by atoms with E-state index in [0.717, 1.165) is 5.56 Å². The molecular formula is C13H19N3O3. The summed E-state index contributed by atoms with van der Waals surface area (Å²) in [5.41, 5.74) is 6.44. The predicted octanol–water partition coefficient (Wildman–Crippen LogP) is 1.76. The van der Waals surface area contributed by atoms with E-state index < -0.39 is 11.7 Å². The van der Waals surface area contributed by atoms with Crippen LogP contribution in [0.25, 0.3) is 0 Å². The highest BCUT2D eigenvalue weighted by Gasteiger charge is 2.25. The second-order valence-corrected chi connectivity index (χ2v) is 4.99. The first-order chi connectivity index (χ1) is 8.71. The van der Waals surface area contributed by atoms with Crippen molar-refractivity contribution in [3.8, 4) is 0 Å². The zero-order valence-electron chi connectivity index (χ0n) is 11.6. The molecule has 0 bridgehead atoms. The molecule has 0 aliphatic heterocycles. The largest absolute Gasteiger partial charge is 0.443 e. The van der Waals surface area contributed by atoms with Crippen molar-refractivity contribution in [3.63, 3.8) is 0 Å². The van der Waals surface area contributed by atoms with Gasteiger partial charge in [0.05, 0.1) is 11.4 Å². The average Bonchev–Trinajstić information content (AvgIpc) is 2.20. The van der Waals surface area contributed by atoms with Gasteiger partial charge in [0.15, 0.2) is 0 Å². The Morgan fingerprint density at radius 2 is 2.11 bits per heavy atom. The van der Waals surface area contributed by atoms with Crippen molar-refractivity contribution >= 4 is 17.7 Å². The van der Waals surface area contributed by atoms with Gasteiger partial charge in [0.25, 0.3) is 0 Å². The molecule has 3 N–H and O–H groups in total. The third-order valence-corrected chi connectivity index (χ3v) is 2.51. The van der Waals surface area contributed by atoms with E-state index in [9.17, 15) is 9.59 Å². The van der Waals surface area contributed by atoms with Crippen LogP contribution in [0.1, 0.15) is 32.0 Å². The van der Waals surface area contributed by atoms with Crippen LogP contribution in [-0.4, -0.2) is 22.6 Å². The van der Waals surface area contributed by atoms with Gasteiger partial charge < -0.3 is 15.8 Å². The SMILES string of the molecule is CC(=O)Nc1c(C)ccnc1CC(C)(C)OC(N)=O. The van der Waals surface area contributed by atoms with Crippen LogP contribution in [0.4, 0.5) is 10.5 Å². The molecule has 6 nitrogen and oxygen atoms in total. The van der Waals surface area contributed by atoms with Crippen LogP contribution in [0, 0.1) is 6.92 Å². The van der Waals surface area contributed by atoms with Crippen LogP contribution in [0.15, 0.2) is 12.3 Å². The van der Waals surface area contributed by atoms with Gasteiger partial charge in [-0.2, -0.15) is 0 Å². The van der Waals surface area contributed by atoms with E-state index in [1.165, 1.54) is 6.92 Å². The summed E-state index contributed by atoms with van der Waals surface area (Å²) in [5.74, 6) is -0.175. The molecule has 0 aromatic carbocycles. The van der Waals surface area contributed by atoms with Gasteiger partial charge in [-0.05, 0) is 32.4 Å². The summed E-state index contributed by atoms with van der Waals surface area (Å²) < 4.78 is 5.03. The maximum absolute atomic E-state index is 11.2. The Labute approximate surface area is 112 Å². The molecule has 0 atom stereocenters.